The van der Waals surface area contributed by atoms with Crippen LogP contribution in [0.25, 0.3) is 0 Å². The molecular formula is C11H23NO. The maximum atomic E-state index is 5.04. The summed E-state index contributed by atoms with van der Waals surface area (Å²) in [4.78, 5) is 0. The molecule has 1 N–H and O–H groups in total. The number of ether oxygens (including phenoxy) is 1. The molecule has 1 unspecified atom stereocenters. The molecule has 0 aliphatic carbocycles. The fraction of sp³-hybridized carbons (Fsp3) is 1.00. The van der Waals surface area contributed by atoms with E-state index < -0.39 is 0 Å². The first-order valence-corrected chi connectivity index (χ1v) is 5.63. The zero-order chi connectivity index (χ0) is 9.36. The van der Waals surface area contributed by atoms with Crippen molar-refractivity contribution in [2.45, 2.75) is 38.5 Å². The summed E-state index contributed by atoms with van der Waals surface area (Å²) in [5.74, 6) is 0.930. The Hall–Kier alpha value is -0.0800. The molecular weight excluding hydrogens is 162 g/mol. The van der Waals surface area contributed by atoms with E-state index in [0.29, 0.717) is 0 Å². The summed E-state index contributed by atoms with van der Waals surface area (Å²) in [7, 11) is 1.78. The quantitative estimate of drug-likeness (QED) is 0.663. The van der Waals surface area contributed by atoms with Crippen LogP contribution in [-0.2, 0) is 4.74 Å². The highest BCUT2D eigenvalue weighted by Crippen LogP contribution is 2.17. The minimum absolute atomic E-state index is 0.930. The number of unbranched alkanes of at least 4 members (excludes halogenated alkanes) is 1. The van der Waals surface area contributed by atoms with E-state index in [4.69, 9.17) is 4.74 Å². The number of nitrogens with one attached hydrogen (secondary N) is 1. The van der Waals surface area contributed by atoms with Gasteiger partial charge < -0.3 is 10.1 Å². The fourth-order valence-corrected chi connectivity index (χ4v) is 2.02. The van der Waals surface area contributed by atoms with Gasteiger partial charge in [-0.05, 0) is 44.7 Å². The molecule has 0 amide bonds. The molecule has 1 heterocycles. The van der Waals surface area contributed by atoms with Crippen LogP contribution in [0.5, 0.6) is 0 Å². The van der Waals surface area contributed by atoms with Gasteiger partial charge in [-0.15, -0.1) is 0 Å². The minimum atomic E-state index is 0.930. The highest BCUT2D eigenvalue weighted by atomic mass is 16.5. The lowest BCUT2D eigenvalue weighted by Crippen LogP contribution is -2.20. The molecule has 1 aliphatic heterocycles. The first kappa shape index (κ1) is 11.0. The van der Waals surface area contributed by atoms with Crippen molar-refractivity contribution in [2.24, 2.45) is 5.92 Å². The molecule has 0 aromatic heterocycles. The molecule has 1 aliphatic rings. The Kier molecular flexibility index (Phi) is 6.21. The normalized spacial score (nSPS) is 24.2. The maximum Gasteiger partial charge on any atom is 0.0462 e. The van der Waals surface area contributed by atoms with E-state index in [2.05, 4.69) is 5.32 Å². The summed E-state index contributed by atoms with van der Waals surface area (Å²) in [6, 6.07) is 0. The van der Waals surface area contributed by atoms with Gasteiger partial charge in [0, 0.05) is 13.7 Å². The lowest BCUT2D eigenvalue weighted by atomic mass is 9.97. The number of methoxy groups -OCH3 is 1. The summed E-state index contributed by atoms with van der Waals surface area (Å²) >= 11 is 0. The van der Waals surface area contributed by atoms with Crippen molar-refractivity contribution in [1.82, 2.24) is 5.32 Å². The van der Waals surface area contributed by atoms with Crippen LogP contribution in [0, 0.1) is 5.92 Å². The summed E-state index contributed by atoms with van der Waals surface area (Å²) in [5, 5.41) is 3.51. The van der Waals surface area contributed by atoms with Crippen molar-refractivity contribution in [3.8, 4) is 0 Å². The SMILES string of the molecule is COCCCCC1CCCCNC1. The molecule has 0 radical (unpaired) electrons. The topological polar surface area (TPSA) is 21.3 Å². The van der Waals surface area contributed by atoms with Gasteiger partial charge in [0.15, 0.2) is 0 Å². The predicted molar refractivity (Wildman–Crippen MR) is 55.9 cm³/mol. The van der Waals surface area contributed by atoms with Crippen LogP contribution < -0.4 is 5.32 Å². The van der Waals surface area contributed by atoms with Crippen molar-refractivity contribution >= 4 is 0 Å². The van der Waals surface area contributed by atoms with Crippen LogP contribution >= 0.6 is 0 Å². The largest absolute Gasteiger partial charge is 0.385 e. The van der Waals surface area contributed by atoms with Crippen LogP contribution in [-0.4, -0.2) is 26.8 Å². The lowest BCUT2D eigenvalue weighted by Gasteiger charge is -2.13. The molecule has 13 heavy (non-hydrogen) atoms. The molecule has 1 fully saturated rings. The summed E-state index contributed by atoms with van der Waals surface area (Å²) in [6.07, 6.45) is 8.17. The van der Waals surface area contributed by atoms with Crippen molar-refractivity contribution in [2.75, 3.05) is 26.8 Å². The van der Waals surface area contributed by atoms with Gasteiger partial charge in [0.25, 0.3) is 0 Å². The van der Waals surface area contributed by atoms with Crippen LogP contribution in [0.2, 0.25) is 0 Å². The Morgan fingerprint density at radius 3 is 3.08 bits per heavy atom. The smallest absolute Gasteiger partial charge is 0.0462 e. The minimum Gasteiger partial charge on any atom is -0.385 e. The van der Waals surface area contributed by atoms with Crippen LogP contribution in [0.1, 0.15) is 38.5 Å². The predicted octanol–water partition coefficient (Wildman–Crippen LogP) is 2.19. The second-order valence-corrected chi connectivity index (χ2v) is 4.05. The van der Waals surface area contributed by atoms with E-state index in [1.54, 1.807) is 7.11 Å². The van der Waals surface area contributed by atoms with Crippen molar-refractivity contribution in [3.63, 3.8) is 0 Å². The van der Waals surface area contributed by atoms with Crippen LogP contribution in [0.3, 0.4) is 0 Å². The Morgan fingerprint density at radius 2 is 2.23 bits per heavy atom. The van der Waals surface area contributed by atoms with Crippen molar-refractivity contribution in [1.29, 1.82) is 0 Å². The highest BCUT2D eigenvalue weighted by molar-refractivity contribution is 4.67. The Bertz CT molecular complexity index is 109. The molecule has 0 saturated carbocycles. The second kappa shape index (κ2) is 7.34. The first-order chi connectivity index (χ1) is 6.43. The van der Waals surface area contributed by atoms with Gasteiger partial charge in [-0.25, -0.2) is 0 Å². The van der Waals surface area contributed by atoms with Crippen LogP contribution in [0.4, 0.5) is 0 Å². The molecule has 0 aromatic carbocycles. The first-order valence-electron chi connectivity index (χ1n) is 5.63. The Morgan fingerprint density at radius 1 is 1.31 bits per heavy atom. The van der Waals surface area contributed by atoms with E-state index in [-0.39, 0.29) is 0 Å². The third-order valence-electron chi connectivity index (χ3n) is 2.86. The van der Waals surface area contributed by atoms with Crippen molar-refractivity contribution < 1.29 is 4.74 Å². The molecule has 0 spiro atoms. The van der Waals surface area contributed by atoms with E-state index in [9.17, 15) is 0 Å². The molecule has 1 rings (SSSR count). The summed E-state index contributed by atoms with van der Waals surface area (Å²) < 4.78 is 5.04. The standard InChI is InChI=1S/C11H23NO/c1-13-9-5-3-7-11-6-2-4-8-12-10-11/h11-12H,2-10H2,1H3. The number of hydrogen-bond acceptors (Lipinski definition) is 2. The van der Waals surface area contributed by atoms with E-state index in [1.165, 1.54) is 51.6 Å². The van der Waals surface area contributed by atoms with Gasteiger partial charge in [0.05, 0.1) is 0 Å². The molecule has 1 saturated heterocycles. The summed E-state index contributed by atoms with van der Waals surface area (Å²) in [5.41, 5.74) is 0. The van der Waals surface area contributed by atoms with Crippen molar-refractivity contribution in [3.05, 3.63) is 0 Å². The number of rotatable bonds is 5. The van der Waals surface area contributed by atoms with Gasteiger partial charge >= 0.3 is 0 Å². The van der Waals surface area contributed by atoms with Gasteiger partial charge in [-0.2, -0.15) is 0 Å². The zero-order valence-electron chi connectivity index (χ0n) is 8.85. The average molecular weight is 185 g/mol. The van der Waals surface area contributed by atoms with Gasteiger partial charge in [-0.3, -0.25) is 0 Å². The molecule has 2 heteroatoms. The Labute approximate surface area is 82.0 Å². The Balaban J connectivity index is 1.98. The summed E-state index contributed by atoms with van der Waals surface area (Å²) in [6.45, 7) is 3.40. The fourth-order valence-electron chi connectivity index (χ4n) is 2.02. The zero-order valence-corrected chi connectivity index (χ0v) is 8.85. The maximum absolute atomic E-state index is 5.04. The lowest BCUT2D eigenvalue weighted by molar-refractivity contribution is 0.190. The van der Waals surface area contributed by atoms with E-state index in [0.717, 1.165) is 12.5 Å². The average Bonchev–Trinajstić information content (AvgIpc) is 2.41. The van der Waals surface area contributed by atoms with Crippen LogP contribution in [0.15, 0.2) is 0 Å². The molecule has 78 valence electrons. The van der Waals surface area contributed by atoms with E-state index in [1.807, 2.05) is 0 Å². The third-order valence-corrected chi connectivity index (χ3v) is 2.86. The molecule has 0 aromatic rings. The highest BCUT2D eigenvalue weighted by Gasteiger charge is 2.10. The number of hydrogen-bond donors (Lipinski definition) is 1. The van der Waals surface area contributed by atoms with Gasteiger partial charge in [-0.1, -0.05) is 12.8 Å². The van der Waals surface area contributed by atoms with Gasteiger partial charge in [0.1, 0.15) is 0 Å². The second-order valence-electron chi connectivity index (χ2n) is 4.05. The molecule has 2 nitrogen and oxygen atoms in total. The monoisotopic (exact) mass is 185 g/mol. The molecule has 1 atom stereocenters. The van der Waals surface area contributed by atoms with Gasteiger partial charge in [0.2, 0.25) is 0 Å². The third kappa shape index (κ3) is 5.27. The van der Waals surface area contributed by atoms with E-state index >= 15 is 0 Å². The molecule has 0 bridgehead atoms.